The second-order valence-electron chi connectivity index (χ2n) is 6.40. The summed E-state index contributed by atoms with van der Waals surface area (Å²) in [5.74, 6) is 0.820. The highest BCUT2D eigenvalue weighted by Crippen LogP contribution is 2.25. The Kier molecular flexibility index (Phi) is 7.52. The quantitative estimate of drug-likeness (QED) is 0.713. The van der Waals surface area contributed by atoms with E-state index in [1.807, 2.05) is 0 Å². The van der Waals surface area contributed by atoms with Crippen molar-refractivity contribution in [2.24, 2.45) is 17.8 Å². The van der Waals surface area contributed by atoms with Crippen LogP contribution in [0.15, 0.2) is 33.6 Å². The normalized spacial score (nSPS) is 15.3. The number of hydrogen-bond donors (Lipinski definition) is 2. The molecule has 126 valence electrons. The number of sulfonamides is 1. The van der Waals surface area contributed by atoms with Crippen LogP contribution in [0.2, 0.25) is 0 Å². The molecule has 0 saturated heterocycles. The van der Waals surface area contributed by atoms with E-state index in [0.29, 0.717) is 5.92 Å². The van der Waals surface area contributed by atoms with Gasteiger partial charge in [0.15, 0.2) is 0 Å². The third kappa shape index (κ3) is 5.65. The Morgan fingerprint density at radius 1 is 1.14 bits per heavy atom. The largest absolute Gasteiger partial charge is 0.395 e. The lowest BCUT2D eigenvalue weighted by molar-refractivity contribution is 0.169. The van der Waals surface area contributed by atoms with Gasteiger partial charge in [-0.3, -0.25) is 0 Å². The summed E-state index contributed by atoms with van der Waals surface area (Å²) in [6.45, 7) is 8.12. The molecule has 0 aliphatic carbocycles. The minimum atomic E-state index is -3.63. The van der Waals surface area contributed by atoms with E-state index >= 15 is 0 Å². The molecule has 0 amide bonds. The van der Waals surface area contributed by atoms with Crippen molar-refractivity contribution >= 4 is 26.0 Å². The number of aliphatic hydroxyl groups is 1. The first-order valence-corrected chi connectivity index (χ1v) is 9.83. The lowest BCUT2D eigenvalue weighted by atomic mass is 9.82. The van der Waals surface area contributed by atoms with E-state index in [1.54, 1.807) is 24.3 Å². The molecule has 0 bridgehead atoms. The zero-order valence-corrected chi connectivity index (χ0v) is 16.0. The van der Waals surface area contributed by atoms with Gasteiger partial charge in [0.05, 0.1) is 11.5 Å². The fraction of sp³-hybridized carbons (Fsp3) is 0.625. The maximum absolute atomic E-state index is 12.5. The molecule has 0 aliphatic rings. The van der Waals surface area contributed by atoms with Crippen LogP contribution in [-0.4, -0.2) is 26.2 Å². The molecule has 0 heterocycles. The highest BCUT2D eigenvalue weighted by atomic mass is 79.9. The lowest BCUT2D eigenvalue weighted by Crippen LogP contribution is -2.45. The Morgan fingerprint density at radius 3 is 2.09 bits per heavy atom. The Bertz CT molecular complexity index is 555. The first kappa shape index (κ1) is 19.6. The van der Waals surface area contributed by atoms with Crippen LogP contribution >= 0.6 is 15.9 Å². The van der Waals surface area contributed by atoms with Crippen molar-refractivity contribution in [3.63, 3.8) is 0 Å². The van der Waals surface area contributed by atoms with Gasteiger partial charge in [0, 0.05) is 10.5 Å². The molecule has 4 nitrogen and oxygen atoms in total. The van der Waals surface area contributed by atoms with Crippen molar-refractivity contribution < 1.29 is 13.5 Å². The fourth-order valence-electron chi connectivity index (χ4n) is 2.59. The number of hydrogen-bond acceptors (Lipinski definition) is 3. The molecule has 2 N–H and O–H groups in total. The summed E-state index contributed by atoms with van der Waals surface area (Å²) >= 11 is 3.29. The van der Waals surface area contributed by atoms with Crippen LogP contribution in [0.3, 0.4) is 0 Å². The third-order valence-electron chi connectivity index (χ3n) is 3.74. The molecule has 0 radical (unpaired) electrons. The number of benzene rings is 1. The first-order chi connectivity index (χ1) is 10.2. The van der Waals surface area contributed by atoms with Crippen LogP contribution in [0.25, 0.3) is 0 Å². The molecule has 0 fully saturated rings. The smallest absolute Gasteiger partial charge is 0.240 e. The van der Waals surface area contributed by atoms with Crippen LogP contribution < -0.4 is 4.72 Å². The molecule has 2 atom stereocenters. The van der Waals surface area contributed by atoms with Gasteiger partial charge in [-0.2, -0.15) is 0 Å². The molecule has 0 spiro atoms. The van der Waals surface area contributed by atoms with Gasteiger partial charge in [-0.05, 0) is 48.4 Å². The summed E-state index contributed by atoms with van der Waals surface area (Å²) < 4.78 is 28.5. The Balaban J connectivity index is 2.97. The van der Waals surface area contributed by atoms with Gasteiger partial charge in [-0.15, -0.1) is 0 Å². The van der Waals surface area contributed by atoms with Crippen LogP contribution in [-0.2, 0) is 10.0 Å². The molecule has 1 aromatic carbocycles. The topological polar surface area (TPSA) is 66.4 Å². The van der Waals surface area contributed by atoms with Gasteiger partial charge in [-0.25, -0.2) is 13.1 Å². The van der Waals surface area contributed by atoms with Crippen molar-refractivity contribution in [1.82, 2.24) is 4.72 Å². The summed E-state index contributed by atoms with van der Waals surface area (Å²) in [5.41, 5.74) is 0. The number of aliphatic hydroxyl groups excluding tert-OH is 1. The number of nitrogens with one attached hydrogen (secondary N) is 1. The summed E-state index contributed by atoms with van der Waals surface area (Å²) in [7, 11) is -3.63. The first-order valence-electron chi connectivity index (χ1n) is 7.56. The Morgan fingerprint density at radius 2 is 1.68 bits per heavy atom. The predicted octanol–water partition coefficient (Wildman–Crippen LogP) is 3.41. The van der Waals surface area contributed by atoms with Crippen LogP contribution in [0.4, 0.5) is 0 Å². The minimum Gasteiger partial charge on any atom is -0.395 e. The zero-order chi connectivity index (χ0) is 16.9. The van der Waals surface area contributed by atoms with Crippen molar-refractivity contribution in [3.8, 4) is 0 Å². The van der Waals surface area contributed by atoms with Crippen LogP contribution in [0.5, 0.6) is 0 Å². The molecule has 22 heavy (non-hydrogen) atoms. The molecule has 0 saturated carbocycles. The zero-order valence-electron chi connectivity index (χ0n) is 13.6. The van der Waals surface area contributed by atoms with Crippen molar-refractivity contribution in [1.29, 1.82) is 0 Å². The van der Waals surface area contributed by atoms with E-state index in [2.05, 4.69) is 48.3 Å². The minimum absolute atomic E-state index is 0.0928. The van der Waals surface area contributed by atoms with Crippen LogP contribution in [0, 0.1) is 17.8 Å². The standard InChI is InChI=1S/C16H26BrNO3S/c1-11(2)9-15(12(3)4)16(10-19)18-22(20,21)14-7-5-13(17)6-8-14/h5-8,11-12,15-16,18-19H,9-10H2,1-4H3/t15-,16-/m1/s1. The van der Waals surface area contributed by atoms with Gasteiger partial charge in [-0.1, -0.05) is 43.6 Å². The van der Waals surface area contributed by atoms with E-state index in [-0.39, 0.29) is 23.3 Å². The average Bonchev–Trinajstić information content (AvgIpc) is 2.42. The second kappa shape index (κ2) is 8.43. The maximum Gasteiger partial charge on any atom is 0.240 e. The molecule has 1 aromatic rings. The van der Waals surface area contributed by atoms with E-state index in [0.717, 1.165) is 10.9 Å². The van der Waals surface area contributed by atoms with E-state index in [9.17, 15) is 13.5 Å². The second-order valence-corrected chi connectivity index (χ2v) is 9.03. The Hall–Kier alpha value is -0.430. The van der Waals surface area contributed by atoms with Gasteiger partial charge in [0.25, 0.3) is 0 Å². The summed E-state index contributed by atoms with van der Waals surface area (Å²) in [6, 6.07) is 6.00. The fourth-order valence-corrected chi connectivity index (χ4v) is 4.13. The highest BCUT2D eigenvalue weighted by Gasteiger charge is 2.29. The average molecular weight is 392 g/mol. The number of rotatable bonds is 8. The van der Waals surface area contributed by atoms with Crippen molar-refractivity contribution in [3.05, 3.63) is 28.7 Å². The molecule has 6 heteroatoms. The molecule has 0 aliphatic heterocycles. The SMILES string of the molecule is CC(C)C[C@H](C(C)C)[C@@H](CO)NS(=O)(=O)c1ccc(Br)cc1. The molecular weight excluding hydrogens is 366 g/mol. The van der Waals surface area contributed by atoms with Crippen molar-refractivity contribution in [2.75, 3.05) is 6.61 Å². The molecule has 1 rings (SSSR count). The highest BCUT2D eigenvalue weighted by molar-refractivity contribution is 9.10. The lowest BCUT2D eigenvalue weighted by Gasteiger charge is -2.30. The molecular formula is C16H26BrNO3S. The third-order valence-corrected chi connectivity index (χ3v) is 5.78. The molecule has 0 aromatic heterocycles. The van der Waals surface area contributed by atoms with Gasteiger partial charge in [0.2, 0.25) is 10.0 Å². The Labute approximate surface area is 142 Å². The van der Waals surface area contributed by atoms with Crippen molar-refractivity contribution in [2.45, 2.75) is 45.1 Å². The summed E-state index contributed by atoms with van der Waals surface area (Å²) in [6.07, 6.45) is 0.867. The maximum atomic E-state index is 12.5. The van der Waals surface area contributed by atoms with E-state index in [4.69, 9.17) is 0 Å². The van der Waals surface area contributed by atoms with E-state index in [1.165, 1.54) is 0 Å². The van der Waals surface area contributed by atoms with Gasteiger partial charge < -0.3 is 5.11 Å². The van der Waals surface area contributed by atoms with Gasteiger partial charge >= 0.3 is 0 Å². The van der Waals surface area contributed by atoms with Gasteiger partial charge in [0.1, 0.15) is 0 Å². The summed E-state index contributed by atoms with van der Waals surface area (Å²) in [5, 5.41) is 9.68. The molecule has 0 unspecified atom stereocenters. The predicted molar refractivity (Wildman–Crippen MR) is 93.1 cm³/mol. The number of halogens is 1. The van der Waals surface area contributed by atoms with E-state index < -0.39 is 16.1 Å². The van der Waals surface area contributed by atoms with Crippen LogP contribution in [0.1, 0.15) is 34.1 Å². The monoisotopic (exact) mass is 391 g/mol. The summed E-state index contributed by atoms with van der Waals surface area (Å²) in [4.78, 5) is 0.209.